The number of carbonyl (C=O) groups excluding carboxylic acids is 3. The van der Waals surface area contributed by atoms with Gasteiger partial charge in [0.2, 0.25) is 5.91 Å². The Bertz CT molecular complexity index is 350. The summed E-state index contributed by atoms with van der Waals surface area (Å²) >= 11 is 1.46. The topological polar surface area (TPSA) is 85.4 Å². The number of anilines is 1. The van der Waals surface area contributed by atoms with E-state index in [1.54, 1.807) is 10.9 Å². The van der Waals surface area contributed by atoms with Crippen LogP contribution in [0.2, 0.25) is 0 Å². The Labute approximate surface area is 96.6 Å². The predicted octanol–water partition coefficient (Wildman–Crippen LogP) is 1.20. The van der Waals surface area contributed by atoms with Crippen molar-refractivity contribution in [1.29, 1.82) is 0 Å². The number of ether oxygens (including phenoxy) is 1. The summed E-state index contributed by atoms with van der Waals surface area (Å²) in [6.07, 6.45) is 0. The van der Waals surface area contributed by atoms with E-state index in [1.165, 1.54) is 32.1 Å². The van der Waals surface area contributed by atoms with Crippen molar-refractivity contribution in [2.45, 2.75) is 20.8 Å². The summed E-state index contributed by atoms with van der Waals surface area (Å²) in [6.45, 7) is 3.82. The van der Waals surface area contributed by atoms with Crippen molar-refractivity contribution in [2.24, 2.45) is 0 Å². The number of nitrogens with zero attached hydrogens (tertiary/aromatic N) is 1. The van der Waals surface area contributed by atoms with Crippen LogP contribution in [-0.4, -0.2) is 22.8 Å². The van der Waals surface area contributed by atoms with Gasteiger partial charge in [-0.1, -0.05) is 0 Å². The molecule has 1 aromatic heterocycles. The van der Waals surface area contributed by atoms with Crippen LogP contribution in [0.3, 0.4) is 0 Å². The summed E-state index contributed by atoms with van der Waals surface area (Å²) in [4.78, 5) is 33.8. The van der Waals surface area contributed by atoms with Gasteiger partial charge in [-0.2, -0.15) is 0 Å². The van der Waals surface area contributed by atoms with Gasteiger partial charge >= 0.3 is 11.9 Å². The Kier molecular flexibility index (Phi) is 6.69. The maximum absolute atomic E-state index is 10.4. The van der Waals surface area contributed by atoms with Gasteiger partial charge in [0.25, 0.3) is 0 Å². The van der Waals surface area contributed by atoms with E-state index in [-0.39, 0.29) is 5.91 Å². The molecular formula is C9H12N2O4S. The van der Waals surface area contributed by atoms with Gasteiger partial charge in [0.15, 0.2) is 0 Å². The Morgan fingerprint density at radius 1 is 1.25 bits per heavy atom. The maximum Gasteiger partial charge on any atom is 0.310 e. The lowest BCUT2D eigenvalue weighted by atomic mass is 10.6. The van der Waals surface area contributed by atoms with Crippen LogP contribution < -0.4 is 5.32 Å². The number of thiazole rings is 1. The molecule has 0 aliphatic rings. The number of hydrogen-bond acceptors (Lipinski definition) is 6. The molecule has 16 heavy (non-hydrogen) atoms. The first-order chi connectivity index (χ1) is 7.41. The largest absolute Gasteiger partial charge is 0.394 e. The van der Waals surface area contributed by atoms with Crippen molar-refractivity contribution in [3.63, 3.8) is 0 Å². The highest BCUT2D eigenvalue weighted by molar-refractivity contribution is 7.07. The fourth-order valence-electron chi connectivity index (χ4n) is 0.657. The highest BCUT2D eigenvalue weighted by Crippen LogP contribution is 2.05. The lowest BCUT2D eigenvalue weighted by Gasteiger charge is -1.91. The molecular weight excluding hydrogens is 232 g/mol. The lowest BCUT2D eigenvalue weighted by molar-refractivity contribution is -0.156. The zero-order valence-electron chi connectivity index (χ0n) is 9.14. The van der Waals surface area contributed by atoms with Crippen molar-refractivity contribution in [3.8, 4) is 0 Å². The van der Waals surface area contributed by atoms with Crippen LogP contribution in [0.25, 0.3) is 0 Å². The average Bonchev–Trinajstić information content (AvgIpc) is 2.53. The minimum atomic E-state index is -0.562. The molecule has 0 saturated carbocycles. The quantitative estimate of drug-likeness (QED) is 0.592. The van der Waals surface area contributed by atoms with E-state index < -0.39 is 11.9 Å². The number of carbonyl (C=O) groups is 3. The second kappa shape index (κ2) is 7.52. The van der Waals surface area contributed by atoms with E-state index in [4.69, 9.17) is 0 Å². The van der Waals surface area contributed by atoms with Crippen molar-refractivity contribution < 1.29 is 19.1 Å². The molecule has 7 heteroatoms. The first-order valence-corrected chi connectivity index (χ1v) is 5.21. The lowest BCUT2D eigenvalue weighted by Crippen LogP contribution is -2.05. The summed E-state index contributed by atoms with van der Waals surface area (Å²) in [7, 11) is 0. The number of hydrogen-bond donors (Lipinski definition) is 1. The number of amides is 1. The normalized spacial score (nSPS) is 8.44. The molecule has 0 aliphatic carbocycles. The van der Waals surface area contributed by atoms with Gasteiger partial charge in [-0.3, -0.25) is 14.4 Å². The van der Waals surface area contributed by atoms with Crippen molar-refractivity contribution in [3.05, 3.63) is 10.9 Å². The summed E-state index contributed by atoms with van der Waals surface area (Å²) in [5.74, 6) is -0.576. The highest BCUT2D eigenvalue weighted by atomic mass is 32.1. The van der Waals surface area contributed by atoms with Crippen LogP contribution in [0.5, 0.6) is 0 Å². The molecule has 1 rings (SSSR count). The van der Waals surface area contributed by atoms with Gasteiger partial charge in [-0.15, -0.1) is 11.3 Å². The average molecular weight is 244 g/mol. The van der Waals surface area contributed by atoms with Gasteiger partial charge < -0.3 is 10.1 Å². The van der Waals surface area contributed by atoms with Crippen molar-refractivity contribution in [1.82, 2.24) is 4.98 Å². The van der Waals surface area contributed by atoms with Gasteiger partial charge in [-0.25, -0.2) is 4.98 Å². The van der Waals surface area contributed by atoms with E-state index in [0.29, 0.717) is 5.82 Å². The molecule has 0 spiro atoms. The number of aromatic nitrogens is 1. The SMILES string of the molecule is CC(=O)Nc1cscn1.CC(=O)OC(C)=O. The van der Waals surface area contributed by atoms with Crippen LogP contribution in [0.1, 0.15) is 20.8 Å². The number of rotatable bonds is 1. The second-order valence-electron chi connectivity index (χ2n) is 2.64. The monoisotopic (exact) mass is 244 g/mol. The number of nitrogens with one attached hydrogen (secondary N) is 1. The molecule has 0 atom stereocenters. The van der Waals surface area contributed by atoms with Gasteiger partial charge in [0.1, 0.15) is 5.82 Å². The fraction of sp³-hybridized carbons (Fsp3) is 0.333. The van der Waals surface area contributed by atoms with E-state index in [9.17, 15) is 14.4 Å². The summed E-state index contributed by atoms with van der Waals surface area (Å²) in [5, 5.41) is 4.32. The molecule has 0 aliphatic heterocycles. The van der Waals surface area contributed by atoms with E-state index >= 15 is 0 Å². The van der Waals surface area contributed by atoms with E-state index in [1.807, 2.05) is 0 Å². The van der Waals surface area contributed by atoms with Crippen LogP contribution in [-0.2, 0) is 19.1 Å². The predicted molar refractivity (Wildman–Crippen MR) is 58.9 cm³/mol. The molecule has 0 unspecified atom stereocenters. The zero-order chi connectivity index (χ0) is 12.6. The van der Waals surface area contributed by atoms with E-state index in [2.05, 4.69) is 15.0 Å². The second-order valence-corrected chi connectivity index (χ2v) is 3.36. The molecule has 0 bridgehead atoms. The van der Waals surface area contributed by atoms with Crippen molar-refractivity contribution in [2.75, 3.05) is 5.32 Å². The Hall–Kier alpha value is -1.76. The molecule has 1 aromatic rings. The summed E-state index contributed by atoms with van der Waals surface area (Å²) in [6, 6.07) is 0. The van der Waals surface area contributed by atoms with Gasteiger partial charge in [0, 0.05) is 26.2 Å². The van der Waals surface area contributed by atoms with Crippen LogP contribution >= 0.6 is 11.3 Å². The summed E-state index contributed by atoms with van der Waals surface area (Å²) in [5.41, 5.74) is 1.67. The highest BCUT2D eigenvalue weighted by Gasteiger charge is 1.94. The molecule has 0 fully saturated rings. The minimum Gasteiger partial charge on any atom is -0.394 e. The molecule has 1 amide bonds. The first-order valence-electron chi connectivity index (χ1n) is 4.26. The molecule has 0 saturated heterocycles. The van der Waals surface area contributed by atoms with Gasteiger partial charge in [-0.05, 0) is 0 Å². The molecule has 6 nitrogen and oxygen atoms in total. The summed E-state index contributed by atoms with van der Waals surface area (Å²) < 4.78 is 3.97. The van der Waals surface area contributed by atoms with Crippen molar-refractivity contribution >= 4 is 35.0 Å². The molecule has 88 valence electrons. The smallest absolute Gasteiger partial charge is 0.310 e. The molecule has 0 aromatic carbocycles. The van der Waals surface area contributed by atoms with Crippen LogP contribution in [0.4, 0.5) is 5.82 Å². The Morgan fingerprint density at radius 3 is 2.06 bits per heavy atom. The third-order valence-corrected chi connectivity index (χ3v) is 1.61. The van der Waals surface area contributed by atoms with Gasteiger partial charge in [0.05, 0.1) is 5.51 Å². The maximum atomic E-state index is 10.4. The Morgan fingerprint density at radius 2 is 1.81 bits per heavy atom. The van der Waals surface area contributed by atoms with Crippen LogP contribution in [0, 0.1) is 0 Å². The number of esters is 2. The first kappa shape index (κ1) is 14.2. The molecule has 1 N–H and O–H groups in total. The standard InChI is InChI=1S/C5H6N2OS.C4H6O3/c1-4(8)7-5-2-9-3-6-5;1-3(5)7-4(2)6/h2-3H,1H3,(H,7,8);1-2H3. The third-order valence-electron chi connectivity index (χ3n) is 1.02. The van der Waals surface area contributed by atoms with Crippen LogP contribution in [0.15, 0.2) is 10.9 Å². The third kappa shape index (κ3) is 8.82. The Balaban J connectivity index is 0.000000293. The minimum absolute atomic E-state index is 0.0825. The molecule has 1 heterocycles. The zero-order valence-corrected chi connectivity index (χ0v) is 9.96. The molecule has 0 radical (unpaired) electrons. The van der Waals surface area contributed by atoms with E-state index in [0.717, 1.165) is 0 Å². The fourth-order valence-corrected chi connectivity index (χ4v) is 1.14.